The maximum atomic E-state index is 12.1. The fourth-order valence-corrected chi connectivity index (χ4v) is 3.79. The van der Waals surface area contributed by atoms with Crippen molar-refractivity contribution in [2.75, 3.05) is 5.32 Å². The number of rotatable bonds is 3. The van der Waals surface area contributed by atoms with Gasteiger partial charge in [0.15, 0.2) is 5.13 Å². The van der Waals surface area contributed by atoms with Gasteiger partial charge < -0.3 is 0 Å². The van der Waals surface area contributed by atoms with Crippen molar-refractivity contribution in [3.05, 3.63) is 56.6 Å². The van der Waals surface area contributed by atoms with E-state index in [-0.39, 0.29) is 5.91 Å². The van der Waals surface area contributed by atoms with Gasteiger partial charge in [-0.2, -0.15) is 0 Å². The maximum Gasteiger partial charge on any atom is 0.267 e. The molecule has 0 spiro atoms. The third-order valence-corrected chi connectivity index (χ3v) is 5.15. The highest BCUT2D eigenvalue weighted by Crippen LogP contribution is 2.32. The Hall–Kier alpha value is -1.98. The molecule has 0 saturated heterocycles. The van der Waals surface area contributed by atoms with Crippen molar-refractivity contribution in [3.8, 4) is 11.3 Å². The summed E-state index contributed by atoms with van der Waals surface area (Å²) in [7, 11) is 0. The number of thiazole rings is 1. The monoisotopic (exact) mass is 328 g/mol. The number of amides is 1. The molecule has 0 fully saturated rings. The second kappa shape index (κ2) is 6.02. The number of thiophene rings is 1. The minimum Gasteiger partial charge on any atom is -0.297 e. The summed E-state index contributed by atoms with van der Waals surface area (Å²) in [5.74, 6) is -0.101. The van der Waals surface area contributed by atoms with Crippen LogP contribution in [0.2, 0.25) is 0 Å². The maximum absolute atomic E-state index is 12.1. The zero-order chi connectivity index (χ0) is 15.7. The molecule has 0 radical (unpaired) electrons. The molecule has 1 aromatic carbocycles. The first-order valence-electron chi connectivity index (χ1n) is 6.94. The van der Waals surface area contributed by atoms with E-state index < -0.39 is 0 Å². The molecule has 2 heterocycles. The number of carbonyl (C=O) groups is 1. The van der Waals surface area contributed by atoms with E-state index in [2.05, 4.69) is 42.3 Å². The van der Waals surface area contributed by atoms with Crippen LogP contribution in [0.25, 0.3) is 11.3 Å². The topological polar surface area (TPSA) is 42.0 Å². The summed E-state index contributed by atoms with van der Waals surface area (Å²) in [5.41, 5.74) is 4.50. The van der Waals surface area contributed by atoms with Crippen molar-refractivity contribution in [2.45, 2.75) is 20.8 Å². The van der Waals surface area contributed by atoms with Crippen molar-refractivity contribution in [1.82, 2.24) is 4.98 Å². The van der Waals surface area contributed by atoms with Crippen LogP contribution in [0.3, 0.4) is 0 Å². The molecular weight excluding hydrogens is 312 g/mol. The number of hydrogen-bond acceptors (Lipinski definition) is 4. The molecule has 22 heavy (non-hydrogen) atoms. The van der Waals surface area contributed by atoms with E-state index in [1.165, 1.54) is 33.8 Å². The Labute approximate surface area is 137 Å². The Morgan fingerprint density at radius 1 is 1.18 bits per heavy atom. The van der Waals surface area contributed by atoms with Crippen LogP contribution in [-0.4, -0.2) is 10.9 Å². The second-order valence-corrected chi connectivity index (χ2v) is 7.32. The summed E-state index contributed by atoms with van der Waals surface area (Å²) in [6, 6.07) is 10.0. The van der Waals surface area contributed by atoms with Crippen LogP contribution in [0.1, 0.15) is 25.7 Å². The molecule has 1 amide bonds. The summed E-state index contributed by atoms with van der Waals surface area (Å²) < 4.78 is 0. The van der Waals surface area contributed by atoms with E-state index in [0.29, 0.717) is 10.0 Å². The lowest BCUT2D eigenvalue weighted by Gasteiger charge is -2.05. The number of aromatic nitrogens is 1. The predicted octanol–water partition coefficient (Wildman–Crippen LogP) is 5.05. The molecule has 0 bridgehead atoms. The van der Waals surface area contributed by atoms with Crippen molar-refractivity contribution in [2.24, 2.45) is 0 Å². The number of hydrogen-bond donors (Lipinski definition) is 1. The third-order valence-electron chi connectivity index (χ3n) is 3.40. The highest BCUT2D eigenvalue weighted by Gasteiger charge is 2.14. The van der Waals surface area contributed by atoms with Crippen molar-refractivity contribution >= 4 is 33.7 Å². The molecule has 3 nitrogen and oxygen atoms in total. The number of anilines is 1. The van der Waals surface area contributed by atoms with Gasteiger partial charge in [0.25, 0.3) is 5.91 Å². The SMILES string of the molecule is Cc1ccc(-c2nc(NC(=O)c3cccs3)sc2C)c(C)c1. The van der Waals surface area contributed by atoms with E-state index in [1.54, 1.807) is 0 Å². The number of nitrogens with zero attached hydrogens (tertiary/aromatic N) is 1. The van der Waals surface area contributed by atoms with Crippen LogP contribution in [0, 0.1) is 20.8 Å². The Morgan fingerprint density at radius 3 is 2.68 bits per heavy atom. The lowest BCUT2D eigenvalue weighted by atomic mass is 10.0. The van der Waals surface area contributed by atoms with Crippen LogP contribution in [0.5, 0.6) is 0 Å². The Bertz CT molecular complexity index is 819. The van der Waals surface area contributed by atoms with Gasteiger partial charge in [0, 0.05) is 10.4 Å². The quantitative estimate of drug-likeness (QED) is 0.731. The fraction of sp³-hybridized carbons (Fsp3) is 0.176. The van der Waals surface area contributed by atoms with Gasteiger partial charge in [-0.3, -0.25) is 10.1 Å². The van der Waals surface area contributed by atoms with Crippen LogP contribution < -0.4 is 5.32 Å². The molecule has 0 unspecified atom stereocenters. The van der Waals surface area contributed by atoms with Gasteiger partial charge in [0.2, 0.25) is 0 Å². The minimum atomic E-state index is -0.101. The molecule has 0 aliphatic rings. The van der Waals surface area contributed by atoms with Crippen LogP contribution in [0.4, 0.5) is 5.13 Å². The van der Waals surface area contributed by atoms with Gasteiger partial charge in [-0.25, -0.2) is 4.98 Å². The van der Waals surface area contributed by atoms with E-state index in [1.807, 2.05) is 24.4 Å². The van der Waals surface area contributed by atoms with Gasteiger partial charge in [-0.1, -0.05) is 29.8 Å². The van der Waals surface area contributed by atoms with Gasteiger partial charge in [-0.15, -0.1) is 22.7 Å². The number of nitrogens with one attached hydrogen (secondary N) is 1. The normalized spacial score (nSPS) is 10.7. The zero-order valence-electron chi connectivity index (χ0n) is 12.6. The summed E-state index contributed by atoms with van der Waals surface area (Å²) in [5, 5.41) is 5.42. The van der Waals surface area contributed by atoms with Crippen LogP contribution >= 0.6 is 22.7 Å². The molecular formula is C17H16N2OS2. The van der Waals surface area contributed by atoms with Crippen molar-refractivity contribution in [1.29, 1.82) is 0 Å². The first kappa shape index (κ1) is 14.9. The third kappa shape index (κ3) is 2.96. The molecule has 1 N–H and O–H groups in total. The van der Waals surface area contributed by atoms with Gasteiger partial charge in [0.1, 0.15) is 0 Å². The van der Waals surface area contributed by atoms with Crippen molar-refractivity contribution in [3.63, 3.8) is 0 Å². The van der Waals surface area contributed by atoms with E-state index in [9.17, 15) is 4.79 Å². The van der Waals surface area contributed by atoms with E-state index >= 15 is 0 Å². The van der Waals surface area contributed by atoms with Gasteiger partial charge in [0.05, 0.1) is 10.6 Å². The highest BCUT2D eigenvalue weighted by molar-refractivity contribution is 7.16. The standard InChI is InChI=1S/C17H16N2OS2/c1-10-6-7-13(11(2)9-10)15-12(3)22-17(18-15)19-16(20)14-5-4-8-21-14/h4-9H,1-3H3,(H,18,19,20). The predicted molar refractivity (Wildman–Crippen MR) is 94.0 cm³/mol. The molecule has 2 aromatic heterocycles. The molecule has 3 aromatic rings. The first-order chi connectivity index (χ1) is 10.5. The Kier molecular flexibility index (Phi) is 4.09. The van der Waals surface area contributed by atoms with Crippen LogP contribution in [-0.2, 0) is 0 Å². The van der Waals surface area contributed by atoms with E-state index in [0.717, 1.165) is 16.1 Å². The summed E-state index contributed by atoms with van der Waals surface area (Å²) in [6.07, 6.45) is 0. The largest absolute Gasteiger partial charge is 0.297 e. The first-order valence-corrected chi connectivity index (χ1v) is 8.64. The smallest absolute Gasteiger partial charge is 0.267 e. The summed E-state index contributed by atoms with van der Waals surface area (Å²) in [4.78, 5) is 18.5. The molecule has 0 aliphatic heterocycles. The Balaban J connectivity index is 1.89. The number of aryl methyl sites for hydroxylation is 3. The fourth-order valence-electron chi connectivity index (χ4n) is 2.35. The average molecular weight is 328 g/mol. The highest BCUT2D eigenvalue weighted by atomic mass is 32.1. The van der Waals surface area contributed by atoms with Crippen molar-refractivity contribution < 1.29 is 4.79 Å². The molecule has 3 rings (SSSR count). The summed E-state index contributed by atoms with van der Waals surface area (Å²) >= 11 is 2.94. The summed E-state index contributed by atoms with van der Waals surface area (Å²) in [6.45, 7) is 6.20. The second-order valence-electron chi connectivity index (χ2n) is 5.17. The zero-order valence-corrected chi connectivity index (χ0v) is 14.3. The van der Waals surface area contributed by atoms with E-state index in [4.69, 9.17) is 0 Å². The number of benzene rings is 1. The lowest BCUT2D eigenvalue weighted by Crippen LogP contribution is -2.09. The molecule has 0 saturated carbocycles. The molecule has 5 heteroatoms. The van der Waals surface area contributed by atoms with Gasteiger partial charge >= 0.3 is 0 Å². The average Bonchev–Trinajstić information content (AvgIpc) is 3.09. The van der Waals surface area contributed by atoms with Gasteiger partial charge in [-0.05, 0) is 37.8 Å². The molecule has 0 aliphatic carbocycles. The molecule has 112 valence electrons. The lowest BCUT2D eigenvalue weighted by molar-refractivity contribution is 0.103. The Morgan fingerprint density at radius 2 is 2.00 bits per heavy atom. The van der Waals surface area contributed by atoms with Crippen LogP contribution in [0.15, 0.2) is 35.7 Å². The molecule has 0 atom stereocenters. The number of carbonyl (C=O) groups excluding carboxylic acids is 1. The minimum absolute atomic E-state index is 0.101.